The van der Waals surface area contributed by atoms with E-state index in [1.165, 1.54) is 0 Å². The minimum atomic E-state index is 0.0946. The third kappa shape index (κ3) is 5.23. The van der Waals surface area contributed by atoms with Crippen molar-refractivity contribution in [3.63, 3.8) is 0 Å². The van der Waals surface area contributed by atoms with E-state index >= 15 is 0 Å². The highest BCUT2D eigenvalue weighted by molar-refractivity contribution is 4.77. The van der Waals surface area contributed by atoms with Crippen molar-refractivity contribution in [2.24, 2.45) is 5.73 Å². The van der Waals surface area contributed by atoms with Crippen LogP contribution in [0.3, 0.4) is 0 Å². The molecule has 0 aromatic rings. The van der Waals surface area contributed by atoms with Gasteiger partial charge >= 0.3 is 0 Å². The van der Waals surface area contributed by atoms with Crippen LogP contribution in [0.5, 0.6) is 0 Å². The van der Waals surface area contributed by atoms with E-state index < -0.39 is 0 Å². The Morgan fingerprint density at radius 3 is 2.94 bits per heavy atom. The number of hydrogen-bond donors (Lipinski definition) is 1. The number of hydrogen-bond acceptors (Lipinski definition) is 5. The normalized spacial score (nSPS) is 24.6. The first-order valence-electron chi connectivity index (χ1n) is 5.90. The average Bonchev–Trinajstić information content (AvgIpc) is 2.29. The molecule has 1 rings (SSSR count). The Bertz CT molecular complexity index is 179. The Morgan fingerprint density at radius 1 is 1.44 bits per heavy atom. The lowest BCUT2D eigenvalue weighted by Gasteiger charge is -2.34. The molecule has 0 aliphatic carbocycles. The average molecular weight is 232 g/mol. The van der Waals surface area contributed by atoms with Crippen molar-refractivity contribution in [1.29, 1.82) is 0 Å². The van der Waals surface area contributed by atoms with E-state index in [4.69, 9.17) is 19.9 Å². The van der Waals surface area contributed by atoms with Gasteiger partial charge in [-0.3, -0.25) is 4.90 Å². The molecule has 0 amide bonds. The second-order valence-electron chi connectivity index (χ2n) is 4.17. The smallest absolute Gasteiger partial charge is 0.0850 e. The first-order chi connectivity index (χ1) is 7.74. The Kier molecular flexibility index (Phi) is 6.91. The zero-order chi connectivity index (χ0) is 11.8. The second-order valence-corrected chi connectivity index (χ2v) is 4.17. The maximum absolute atomic E-state index is 5.82. The van der Waals surface area contributed by atoms with Gasteiger partial charge in [-0.15, -0.1) is 0 Å². The molecule has 16 heavy (non-hydrogen) atoms. The minimum Gasteiger partial charge on any atom is -0.382 e. The Morgan fingerprint density at radius 2 is 2.25 bits per heavy atom. The summed E-state index contributed by atoms with van der Waals surface area (Å²) in [5.41, 5.74) is 5.82. The van der Waals surface area contributed by atoms with Crippen molar-refractivity contribution in [3.8, 4) is 0 Å². The zero-order valence-electron chi connectivity index (χ0n) is 10.4. The van der Waals surface area contributed by atoms with E-state index in [2.05, 4.69) is 4.90 Å². The molecule has 96 valence electrons. The first-order valence-corrected chi connectivity index (χ1v) is 5.90. The van der Waals surface area contributed by atoms with Crippen LogP contribution in [0.2, 0.25) is 0 Å². The van der Waals surface area contributed by atoms with Gasteiger partial charge in [0.2, 0.25) is 0 Å². The van der Waals surface area contributed by atoms with Crippen LogP contribution in [0.1, 0.15) is 6.92 Å². The molecule has 0 aromatic heterocycles. The number of rotatable bonds is 7. The molecular formula is C11H24N2O3. The molecule has 1 aliphatic rings. The monoisotopic (exact) mass is 232 g/mol. The van der Waals surface area contributed by atoms with Crippen LogP contribution in [0, 0.1) is 0 Å². The predicted molar refractivity (Wildman–Crippen MR) is 62.5 cm³/mol. The van der Waals surface area contributed by atoms with Crippen molar-refractivity contribution >= 4 is 0 Å². The standard InChI is InChI=1S/C11H24N2O3/c1-10(12)11-9-13(4-6-16-11)3-5-15-8-7-14-2/h10-11H,3-9,12H2,1-2H3. The van der Waals surface area contributed by atoms with E-state index in [1.807, 2.05) is 6.92 Å². The number of methoxy groups -OCH3 is 1. The van der Waals surface area contributed by atoms with Crippen molar-refractivity contribution in [2.75, 3.05) is 53.2 Å². The topological polar surface area (TPSA) is 57.0 Å². The van der Waals surface area contributed by atoms with Gasteiger partial charge in [-0.25, -0.2) is 0 Å². The molecule has 2 N–H and O–H groups in total. The zero-order valence-corrected chi connectivity index (χ0v) is 10.4. The second kappa shape index (κ2) is 7.97. The third-order valence-electron chi connectivity index (χ3n) is 2.75. The number of ether oxygens (including phenoxy) is 3. The van der Waals surface area contributed by atoms with Crippen LogP contribution in [-0.2, 0) is 14.2 Å². The third-order valence-corrected chi connectivity index (χ3v) is 2.75. The number of nitrogens with zero attached hydrogens (tertiary/aromatic N) is 1. The lowest BCUT2D eigenvalue weighted by Crippen LogP contribution is -2.50. The molecule has 5 nitrogen and oxygen atoms in total. The molecule has 1 fully saturated rings. The van der Waals surface area contributed by atoms with Gasteiger partial charge in [-0.05, 0) is 6.92 Å². The molecule has 1 heterocycles. The van der Waals surface area contributed by atoms with E-state index in [9.17, 15) is 0 Å². The Hall–Kier alpha value is -0.200. The van der Waals surface area contributed by atoms with Crippen LogP contribution in [0.15, 0.2) is 0 Å². The first kappa shape index (κ1) is 13.9. The quantitative estimate of drug-likeness (QED) is 0.611. The lowest BCUT2D eigenvalue weighted by molar-refractivity contribution is -0.0459. The Balaban J connectivity index is 2.07. The molecule has 2 atom stereocenters. The predicted octanol–water partition coefficient (Wildman–Crippen LogP) is -0.303. The largest absolute Gasteiger partial charge is 0.382 e. The Labute approximate surface area is 97.8 Å². The maximum atomic E-state index is 5.82. The van der Waals surface area contributed by atoms with Gasteiger partial charge in [0, 0.05) is 32.8 Å². The summed E-state index contributed by atoms with van der Waals surface area (Å²) in [6, 6.07) is 0.0946. The summed E-state index contributed by atoms with van der Waals surface area (Å²) in [7, 11) is 1.68. The van der Waals surface area contributed by atoms with Crippen LogP contribution >= 0.6 is 0 Å². The minimum absolute atomic E-state index is 0.0946. The van der Waals surface area contributed by atoms with Gasteiger partial charge < -0.3 is 19.9 Å². The van der Waals surface area contributed by atoms with Crippen molar-refractivity contribution in [1.82, 2.24) is 4.90 Å². The van der Waals surface area contributed by atoms with E-state index in [0.717, 1.165) is 32.8 Å². The van der Waals surface area contributed by atoms with E-state index in [1.54, 1.807) is 7.11 Å². The SMILES string of the molecule is COCCOCCN1CCOC(C(C)N)C1. The molecule has 0 radical (unpaired) electrons. The summed E-state index contributed by atoms with van der Waals surface area (Å²) in [6.07, 6.45) is 0.160. The van der Waals surface area contributed by atoms with Crippen LogP contribution in [0.25, 0.3) is 0 Å². The molecule has 0 saturated carbocycles. The van der Waals surface area contributed by atoms with Crippen molar-refractivity contribution in [2.45, 2.75) is 19.1 Å². The van der Waals surface area contributed by atoms with Gasteiger partial charge in [-0.2, -0.15) is 0 Å². The van der Waals surface area contributed by atoms with Gasteiger partial charge in [0.25, 0.3) is 0 Å². The molecule has 1 aliphatic heterocycles. The summed E-state index contributed by atoms with van der Waals surface area (Å²) in [4.78, 5) is 2.34. The molecule has 0 spiro atoms. The fourth-order valence-corrected chi connectivity index (χ4v) is 1.69. The fourth-order valence-electron chi connectivity index (χ4n) is 1.69. The fraction of sp³-hybridized carbons (Fsp3) is 1.00. The lowest BCUT2D eigenvalue weighted by atomic mass is 10.1. The molecule has 1 saturated heterocycles. The van der Waals surface area contributed by atoms with Gasteiger partial charge in [0.15, 0.2) is 0 Å². The summed E-state index contributed by atoms with van der Waals surface area (Å²) < 4.78 is 15.9. The maximum Gasteiger partial charge on any atom is 0.0850 e. The summed E-state index contributed by atoms with van der Waals surface area (Å²) >= 11 is 0. The molecule has 0 aromatic carbocycles. The van der Waals surface area contributed by atoms with Gasteiger partial charge in [0.05, 0.1) is 32.5 Å². The van der Waals surface area contributed by atoms with Crippen LogP contribution in [0.4, 0.5) is 0 Å². The highest BCUT2D eigenvalue weighted by Crippen LogP contribution is 2.07. The van der Waals surface area contributed by atoms with E-state index in [-0.39, 0.29) is 12.1 Å². The van der Waals surface area contributed by atoms with Crippen molar-refractivity contribution < 1.29 is 14.2 Å². The van der Waals surface area contributed by atoms with Gasteiger partial charge in [0.1, 0.15) is 0 Å². The number of morpholine rings is 1. The van der Waals surface area contributed by atoms with E-state index in [0.29, 0.717) is 13.2 Å². The summed E-state index contributed by atoms with van der Waals surface area (Å²) in [6.45, 7) is 7.64. The molecule has 0 bridgehead atoms. The number of nitrogens with two attached hydrogens (primary N) is 1. The molecular weight excluding hydrogens is 208 g/mol. The highest BCUT2D eigenvalue weighted by atomic mass is 16.5. The molecule has 2 unspecified atom stereocenters. The summed E-state index contributed by atoms with van der Waals surface area (Å²) in [5, 5.41) is 0. The van der Waals surface area contributed by atoms with Crippen molar-refractivity contribution in [3.05, 3.63) is 0 Å². The molecule has 5 heteroatoms. The summed E-state index contributed by atoms with van der Waals surface area (Å²) in [5.74, 6) is 0. The van der Waals surface area contributed by atoms with Crippen LogP contribution < -0.4 is 5.73 Å². The van der Waals surface area contributed by atoms with Crippen LogP contribution in [-0.4, -0.2) is 70.2 Å². The highest BCUT2D eigenvalue weighted by Gasteiger charge is 2.22. The van der Waals surface area contributed by atoms with Gasteiger partial charge in [-0.1, -0.05) is 0 Å².